The molecule has 0 aromatic heterocycles. The number of nitrogens with zero attached hydrogens (tertiary/aromatic N) is 2. The Morgan fingerprint density at radius 3 is 2.03 bits per heavy atom. The van der Waals surface area contributed by atoms with Gasteiger partial charge in [0.05, 0.1) is 0 Å². The van der Waals surface area contributed by atoms with E-state index in [2.05, 4.69) is 15.9 Å². The lowest BCUT2D eigenvalue weighted by atomic mass is 9.91. The highest BCUT2D eigenvalue weighted by Crippen LogP contribution is 2.25. The van der Waals surface area contributed by atoms with E-state index in [0.717, 1.165) is 4.47 Å². The average molecular weight is 466 g/mol. The standard InChI is InChI=1S/C21H28BrN3O4/c1-14(29-18-4-2-17(22)3-5-18)20(27)24-12-8-16(9-13-24)21(28)25-10-6-15(7-11-25)19(23)26/h2-5,14-16H,6-13H2,1H3,(H2,23,26). The molecule has 7 nitrogen and oxygen atoms in total. The van der Waals surface area contributed by atoms with Crippen LogP contribution in [0.4, 0.5) is 0 Å². The molecule has 0 bridgehead atoms. The first-order valence-corrected chi connectivity index (χ1v) is 10.9. The van der Waals surface area contributed by atoms with Crippen LogP contribution in [0.1, 0.15) is 32.6 Å². The molecule has 1 aromatic rings. The minimum Gasteiger partial charge on any atom is -0.481 e. The van der Waals surface area contributed by atoms with Gasteiger partial charge in [0, 0.05) is 42.5 Å². The number of amides is 3. The number of piperidine rings is 2. The van der Waals surface area contributed by atoms with Crippen molar-refractivity contribution in [2.45, 2.75) is 38.7 Å². The smallest absolute Gasteiger partial charge is 0.263 e. The summed E-state index contributed by atoms with van der Waals surface area (Å²) in [5.74, 6) is 0.278. The fraction of sp³-hybridized carbons (Fsp3) is 0.571. The molecule has 0 aliphatic carbocycles. The third-order valence-corrected chi connectivity index (χ3v) is 6.37. The number of halogens is 1. The van der Waals surface area contributed by atoms with Crippen LogP contribution in [0, 0.1) is 11.8 Å². The van der Waals surface area contributed by atoms with Crippen LogP contribution in [0.3, 0.4) is 0 Å². The van der Waals surface area contributed by atoms with Gasteiger partial charge in [-0.2, -0.15) is 0 Å². The molecule has 8 heteroatoms. The molecule has 2 aliphatic heterocycles. The van der Waals surface area contributed by atoms with Gasteiger partial charge in [0.2, 0.25) is 11.8 Å². The number of benzene rings is 1. The molecule has 158 valence electrons. The molecular formula is C21H28BrN3O4. The molecule has 2 aliphatic rings. The Morgan fingerprint density at radius 2 is 1.48 bits per heavy atom. The number of rotatable bonds is 5. The zero-order valence-electron chi connectivity index (χ0n) is 16.7. The largest absolute Gasteiger partial charge is 0.481 e. The van der Waals surface area contributed by atoms with Crippen LogP contribution in [-0.4, -0.2) is 59.8 Å². The van der Waals surface area contributed by atoms with Crippen LogP contribution in [0.2, 0.25) is 0 Å². The third kappa shape index (κ3) is 5.50. The van der Waals surface area contributed by atoms with E-state index in [1.54, 1.807) is 11.8 Å². The predicted molar refractivity (Wildman–Crippen MR) is 112 cm³/mol. The number of likely N-dealkylation sites (tertiary alicyclic amines) is 2. The number of carbonyl (C=O) groups is 3. The first kappa shape index (κ1) is 21.6. The topological polar surface area (TPSA) is 92.9 Å². The summed E-state index contributed by atoms with van der Waals surface area (Å²) >= 11 is 3.38. The second-order valence-corrected chi connectivity index (χ2v) is 8.73. The van der Waals surface area contributed by atoms with Crippen molar-refractivity contribution in [3.63, 3.8) is 0 Å². The van der Waals surface area contributed by atoms with Crippen LogP contribution < -0.4 is 10.5 Å². The molecule has 1 aromatic carbocycles. The summed E-state index contributed by atoms with van der Waals surface area (Å²) < 4.78 is 6.71. The Labute approximate surface area is 179 Å². The SMILES string of the molecule is CC(Oc1ccc(Br)cc1)C(=O)N1CCC(C(=O)N2CCC(C(N)=O)CC2)CC1. The molecular weight excluding hydrogens is 438 g/mol. The maximum absolute atomic E-state index is 12.8. The van der Waals surface area contributed by atoms with E-state index in [1.807, 2.05) is 29.2 Å². The number of nitrogens with two attached hydrogens (primary N) is 1. The lowest BCUT2D eigenvalue weighted by Gasteiger charge is -2.37. The molecule has 2 N–H and O–H groups in total. The molecule has 3 amide bonds. The Balaban J connectivity index is 1.45. The van der Waals surface area contributed by atoms with Crippen molar-refractivity contribution < 1.29 is 19.1 Å². The highest BCUT2D eigenvalue weighted by molar-refractivity contribution is 9.10. The molecule has 0 radical (unpaired) electrons. The van der Waals surface area contributed by atoms with Crippen LogP contribution in [0.15, 0.2) is 28.7 Å². The predicted octanol–water partition coefficient (Wildman–Crippen LogP) is 2.18. The minimum absolute atomic E-state index is 0.0545. The van der Waals surface area contributed by atoms with Crippen molar-refractivity contribution in [1.29, 1.82) is 0 Å². The van der Waals surface area contributed by atoms with Crippen LogP contribution in [0.25, 0.3) is 0 Å². The second-order valence-electron chi connectivity index (χ2n) is 7.82. The summed E-state index contributed by atoms with van der Waals surface area (Å²) in [5.41, 5.74) is 5.36. The van der Waals surface area contributed by atoms with Crippen LogP contribution in [0.5, 0.6) is 5.75 Å². The maximum atomic E-state index is 12.8. The van der Waals surface area contributed by atoms with Gasteiger partial charge in [0.25, 0.3) is 5.91 Å². The van der Waals surface area contributed by atoms with Gasteiger partial charge in [0.15, 0.2) is 6.10 Å². The summed E-state index contributed by atoms with van der Waals surface area (Å²) in [5, 5.41) is 0. The Hall–Kier alpha value is -2.09. The molecule has 0 saturated carbocycles. The molecule has 29 heavy (non-hydrogen) atoms. The Morgan fingerprint density at radius 1 is 0.966 bits per heavy atom. The van der Waals surface area contributed by atoms with Crippen molar-refractivity contribution in [2.24, 2.45) is 17.6 Å². The van der Waals surface area contributed by atoms with Gasteiger partial charge in [-0.1, -0.05) is 15.9 Å². The fourth-order valence-corrected chi connectivity index (χ4v) is 4.28. The van der Waals surface area contributed by atoms with E-state index in [-0.39, 0.29) is 29.6 Å². The molecule has 0 spiro atoms. The van der Waals surface area contributed by atoms with Crippen molar-refractivity contribution in [3.05, 3.63) is 28.7 Å². The number of primary amides is 1. The Bertz CT molecular complexity index is 739. The van der Waals surface area contributed by atoms with Gasteiger partial charge in [-0.25, -0.2) is 0 Å². The highest BCUT2D eigenvalue weighted by atomic mass is 79.9. The molecule has 1 unspecified atom stereocenters. The molecule has 3 rings (SSSR count). The highest BCUT2D eigenvalue weighted by Gasteiger charge is 2.34. The van der Waals surface area contributed by atoms with Crippen LogP contribution in [-0.2, 0) is 14.4 Å². The van der Waals surface area contributed by atoms with Gasteiger partial charge < -0.3 is 20.3 Å². The summed E-state index contributed by atoms with van der Waals surface area (Å²) in [6.07, 6.45) is 2.03. The van der Waals surface area contributed by atoms with E-state index < -0.39 is 6.10 Å². The molecule has 2 saturated heterocycles. The molecule has 2 fully saturated rings. The van der Waals surface area contributed by atoms with E-state index in [9.17, 15) is 14.4 Å². The summed E-state index contributed by atoms with van der Waals surface area (Å²) in [6, 6.07) is 7.38. The molecule has 2 heterocycles. The number of hydrogen-bond acceptors (Lipinski definition) is 4. The number of carbonyl (C=O) groups excluding carboxylic acids is 3. The van der Waals surface area contributed by atoms with Crippen molar-refractivity contribution in [1.82, 2.24) is 9.80 Å². The summed E-state index contributed by atoms with van der Waals surface area (Å²) in [6.45, 7) is 4.04. The van der Waals surface area contributed by atoms with Gasteiger partial charge in [-0.15, -0.1) is 0 Å². The zero-order valence-corrected chi connectivity index (χ0v) is 18.3. The van der Waals surface area contributed by atoms with Gasteiger partial charge in [-0.05, 0) is 56.9 Å². The second kappa shape index (κ2) is 9.61. The van der Waals surface area contributed by atoms with Crippen molar-refractivity contribution in [2.75, 3.05) is 26.2 Å². The summed E-state index contributed by atoms with van der Waals surface area (Å²) in [4.78, 5) is 40.4. The van der Waals surface area contributed by atoms with E-state index in [0.29, 0.717) is 57.6 Å². The third-order valence-electron chi connectivity index (χ3n) is 5.84. The van der Waals surface area contributed by atoms with E-state index in [1.165, 1.54) is 0 Å². The lowest BCUT2D eigenvalue weighted by molar-refractivity contribution is -0.145. The van der Waals surface area contributed by atoms with Gasteiger partial charge >= 0.3 is 0 Å². The van der Waals surface area contributed by atoms with Crippen molar-refractivity contribution >= 4 is 33.7 Å². The van der Waals surface area contributed by atoms with E-state index >= 15 is 0 Å². The first-order valence-electron chi connectivity index (χ1n) is 10.1. The van der Waals surface area contributed by atoms with Gasteiger partial charge in [-0.3, -0.25) is 14.4 Å². The van der Waals surface area contributed by atoms with Crippen LogP contribution >= 0.6 is 15.9 Å². The fourth-order valence-electron chi connectivity index (χ4n) is 4.01. The summed E-state index contributed by atoms with van der Waals surface area (Å²) in [7, 11) is 0. The first-order chi connectivity index (χ1) is 13.8. The molecule has 1 atom stereocenters. The van der Waals surface area contributed by atoms with Crippen molar-refractivity contribution in [3.8, 4) is 5.75 Å². The normalized spacial score (nSPS) is 19.7. The Kier molecular flexibility index (Phi) is 7.16. The van der Waals surface area contributed by atoms with Gasteiger partial charge in [0.1, 0.15) is 5.75 Å². The average Bonchev–Trinajstić information content (AvgIpc) is 2.74. The quantitative estimate of drug-likeness (QED) is 0.720. The number of ether oxygens (including phenoxy) is 1. The minimum atomic E-state index is -0.573. The maximum Gasteiger partial charge on any atom is 0.263 e. The zero-order chi connectivity index (χ0) is 21.0. The van der Waals surface area contributed by atoms with E-state index in [4.69, 9.17) is 10.5 Å². The monoisotopic (exact) mass is 465 g/mol. The lowest BCUT2D eigenvalue weighted by Crippen LogP contribution is -2.49. The number of hydrogen-bond donors (Lipinski definition) is 1.